The van der Waals surface area contributed by atoms with E-state index >= 15 is 0 Å². The quantitative estimate of drug-likeness (QED) is 0.589. The molecule has 0 saturated heterocycles. The molecule has 0 aromatic carbocycles. The first-order valence-corrected chi connectivity index (χ1v) is 11.4. The Morgan fingerprint density at radius 1 is 1.30 bits per heavy atom. The van der Waals surface area contributed by atoms with Crippen molar-refractivity contribution in [3.63, 3.8) is 0 Å². The minimum absolute atomic E-state index is 0.00511. The highest BCUT2D eigenvalue weighted by atomic mass is 28.4. The zero-order valence-corrected chi connectivity index (χ0v) is 17.1. The molecule has 0 aliphatic rings. The van der Waals surface area contributed by atoms with Crippen LogP contribution in [0.1, 0.15) is 44.6 Å². The summed E-state index contributed by atoms with van der Waals surface area (Å²) in [6.07, 6.45) is -6.88. The highest BCUT2D eigenvalue weighted by Gasteiger charge is 2.39. The highest BCUT2D eigenvalue weighted by molar-refractivity contribution is 6.74. The summed E-state index contributed by atoms with van der Waals surface area (Å²) < 4.78 is 44.0. The lowest BCUT2D eigenvalue weighted by Gasteiger charge is -2.39. The minimum atomic E-state index is -4.50. The van der Waals surface area contributed by atoms with E-state index in [9.17, 15) is 23.1 Å². The number of hydrogen-bond acceptors (Lipinski definition) is 4. The molecule has 0 fully saturated rings. The molecule has 2 unspecified atom stereocenters. The number of amides is 1. The Labute approximate surface area is 157 Å². The summed E-state index contributed by atoms with van der Waals surface area (Å²) in [5, 5.41) is 21.3. The van der Waals surface area contributed by atoms with Gasteiger partial charge in [0, 0.05) is 19.2 Å². The van der Waals surface area contributed by atoms with E-state index in [2.05, 4.69) is 10.3 Å². The number of aliphatic hydroxyl groups is 1. The predicted molar refractivity (Wildman–Crippen MR) is 96.9 cm³/mol. The molecule has 154 valence electrons. The third-order valence-electron chi connectivity index (χ3n) is 4.69. The fourth-order valence-electron chi connectivity index (χ4n) is 2.11. The van der Waals surface area contributed by atoms with Crippen LogP contribution >= 0.6 is 0 Å². The molecule has 2 atom stereocenters. The summed E-state index contributed by atoms with van der Waals surface area (Å²) >= 11 is 0. The number of aliphatic hydroxyl groups excluding tert-OH is 1. The summed E-state index contributed by atoms with van der Waals surface area (Å²) in [7, 11) is -2.25. The van der Waals surface area contributed by atoms with E-state index < -0.39 is 38.4 Å². The fourth-order valence-corrected chi connectivity index (χ4v) is 3.47. The Bertz CT molecular complexity index is 631. The third-order valence-corrected chi connectivity index (χ3v) is 9.22. The van der Waals surface area contributed by atoms with Crippen LogP contribution in [0.5, 0.6) is 0 Å². The molecule has 10 heteroatoms. The fraction of sp³-hybridized carbons (Fsp3) is 0.647. The second-order valence-electron chi connectivity index (χ2n) is 7.91. The van der Waals surface area contributed by atoms with Crippen LogP contribution in [0.4, 0.5) is 18.0 Å². The number of hydrogen-bond donors (Lipinski definition) is 3. The average molecular weight is 408 g/mol. The molecule has 0 bridgehead atoms. The van der Waals surface area contributed by atoms with Crippen molar-refractivity contribution in [2.24, 2.45) is 0 Å². The molecule has 1 aromatic heterocycles. The van der Waals surface area contributed by atoms with Crippen LogP contribution in [-0.2, 0) is 10.6 Å². The molecule has 1 rings (SSSR count). The van der Waals surface area contributed by atoms with Crippen LogP contribution in [0.25, 0.3) is 0 Å². The van der Waals surface area contributed by atoms with Crippen LogP contribution in [-0.4, -0.2) is 42.3 Å². The van der Waals surface area contributed by atoms with Crippen LogP contribution in [0.15, 0.2) is 18.3 Å². The number of alkyl halides is 3. The third kappa shape index (κ3) is 7.11. The van der Waals surface area contributed by atoms with Crippen molar-refractivity contribution < 1.29 is 32.6 Å². The molecule has 1 aromatic rings. The van der Waals surface area contributed by atoms with Crippen LogP contribution in [0, 0.1) is 0 Å². The maximum atomic E-state index is 12.6. The van der Waals surface area contributed by atoms with Crippen LogP contribution in [0.2, 0.25) is 18.1 Å². The Balaban J connectivity index is 2.92. The van der Waals surface area contributed by atoms with Gasteiger partial charge in [-0.15, -0.1) is 0 Å². The van der Waals surface area contributed by atoms with Crippen molar-refractivity contribution in [1.82, 2.24) is 10.3 Å². The van der Waals surface area contributed by atoms with Gasteiger partial charge in [0.15, 0.2) is 8.32 Å². The van der Waals surface area contributed by atoms with E-state index in [1.165, 1.54) is 0 Å². The Kier molecular flexibility index (Phi) is 7.42. The molecule has 6 nitrogen and oxygen atoms in total. The predicted octanol–water partition coefficient (Wildman–Crippen LogP) is 4.18. The van der Waals surface area contributed by atoms with Gasteiger partial charge in [-0.1, -0.05) is 20.8 Å². The molecular formula is C17H27F3N2O4Si. The molecule has 0 radical (unpaired) electrons. The summed E-state index contributed by atoms with van der Waals surface area (Å²) in [6.45, 7) is 10.0. The van der Waals surface area contributed by atoms with Crippen molar-refractivity contribution in [2.45, 2.75) is 63.7 Å². The lowest BCUT2D eigenvalue weighted by Crippen LogP contribution is -2.47. The number of pyridine rings is 1. The van der Waals surface area contributed by atoms with Gasteiger partial charge in [0.2, 0.25) is 0 Å². The zero-order valence-electron chi connectivity index (χ0n) is 16.1. The molecule has 0 spiro atoms. The van der Waals surface area contributed by atoms with Crippen molar-refractivity contribution in [1.29, 1.82) is 0 Å². The second-order valence-corrected chi connectivity index (χ2v) is 12.7. The van der Waals surface area contributed by atoms with E-state index in [0.29, 0.717) is 6.20 Å². The van der Waals surface area contributed by atoms with Crippen molar-refractivity contribution in [2.75, 3.05) is 6.54 Å². The topological polar surface area (TPSA) is 91.7 Å². The number of nitrogens with one attached hydrogen (secondary N) is 1. The average Bonchev–Trinajstić information content (AvgIpc) is 2.50. The van der Waals surface area contributed by atoms with Gasteiger partial charge >= 0.3 is 12.3 Å². The zero-order chi connectivity index (χ0) is 21.0. The smallest absolute Gasteiger partial charge is 0.417 e. The summed E-state index contributed by atoms with van der Waals surface area (Å²) in [5.41, 5.74) is -0.831. The van der Waals surface area contributed by atoms with Gasteiger partial charge in [0.1, 0.15) is 0 Å². The van der Waals surface area contributed by atoms with E-state index in [4.69, 9.17) is 9.53 Å². The van der Waals surface area contributed by atoms with Crippen LogP contribution < -0.4 is 5.32 Å². The largest absolute Gasteiger partial charge is 0.465 e. The molecule has 3 N–H and O–H groups in total. The number of carboxylic acid groups (broad SMARTS) is 1. The van der Waals surface area contributed by atoms with Gasteiger partial charge in [-0.3, -0.25) is 4.98 Å². The van der Waals surface area contributed by atoms with E-state index in [-0.39, 0.29) is 23.7 Å². The summed E-state index contributed by atoms with van der Waals surface area (Å²) in [4.78, 5) is 14.5. The molecule has 27 heavy (non-hydrogen) atoms. The normalized spacial score (nSPS) is 15.3. The Morgan fingerprint density at radius 2 is 1.89 bits per heavy atom. The van der Waals surface area contributed by atoms with E-state index in [0.717, 1.165) is 12.1 Å². The standard InChI is InChI=1S/C17H27F3N2O4Si/c1-16(2,3)27(4,5)26-12(10-22-15(24)25)8-14(23)13-7-6-11(9-21-13)17(18,19)20/h6-7,9,12,14,22-23H,8,10H2,1-5H3,(H,24,25). The van der Waals surface area contributed by atoms with Crippen molar-refractivity contribution in [3.8, 4) is 0 Å². The SMILES string of the molecule is CC(C)(C)[Si](C)(C)OC(CNC(=O)O)CC(O)c1ccc(C(F)(F)F)cn1. The van der Waals surface area contributed by atoms with Crippen molar-refractivity contribution in [3.05, 3.63) is 29.6 Å². The van der Waals surface area contributed by atoms with Gasteiger partial charge in [-0.2, -0.15) is 13.2 Å². The molecular weight excluding hydrogens is 381 g/mol. The first kappa shape index (κ1) is 23.4. The molecule has 0 aliphatic carbocycles. The molecule has 0 saturated carbocycles. The number of nitrogens with zero attached hydrogens (tertiary/aromatic N) is 1. The van der Waals surface area contributed by atoms with Gasteiger partial charge in [-0.05, 0) is 30.3 Å². The number of halogens is 3. The van der Waals surface area contributed by atoms with E-state index in [1.54, 1.807) is 0 Å². The van der Waals surface area contributed by atoms with Gasteiger partial charge in [-0.25, -0.2) is 4.79 Å². The maximum absolute atomic E-state index is 12.6. The van der Waals surface area contributed by atoms with Crippen LogP contribution in [0.3, 0.4) is 0 Å². The van der Waals surface area contributed by atoms with E-state index in [1.807, 2.05) is 33.9 Å². The van der Waals surface area contributed by atoms with Gasteiger partial charge in [0.25, 0.3) is 0 Å². The highest BCUT2D eigenvalue weighted by Crippen LogP contribution is 2.38. The first-order valence-electron chi connectivity index (χ1n) is 8.49. The number of rotatable bonds is 7. The monoisotopic (exact) mass is 408 g/mol. The number of carbonyl (C=O) groups is 1. The molecule has 1 heterocycles. The maximum Gasteiger partial charge on any atom is 0.417 e. The summed E-state index contributed by atoms with van der Waals surface area (Å²) in [5.74, 6) is 0. The minimum Gasteiger partial charge on any atom is -0.465 e. The Morgan fingerprint density at radius 3 is 2.30 bits per heavy atom. The molecule has 1 amide bonds. The van der Waals surface area contributed by atoms with Gasteiger partial charge in [0.05, 0.1) is 23.5 Å². The second kappa shape index (κ2) is 8.57. The first-order chi connectivity index (χ1) is 12.1. The number of aromatic nitrogens is 1. The van der Waals surface area contributed by atoms with Gasteiger partial charge < -0.3 is 20.0 Å². The lowest BCUT2D eigenvalue weighted by atomic mass is 10.1. The lowest BCUT2D eigenvalue weighted by molar-refractivity contribution is -0.137. The summed E-state index contributed by atoms with van der Waals surface area (Å²) in [6, 6.07) is 1.96. The molecule has 0 aliphatic heterocycles. The van der Waals surface area contributed by atoms with Crippen molar-refractivity contribution >= 4 is 14.4 Å². The Hall–Kier alpha value is -1.65.